The van der Waals surface area contributed by atoms with Gasteiger partial charge in [0.1, 0.15) is 0 Å². The second kappa shape index (κ2) is 12.3. The fraction of sp³-hybridized carbons (Fsp3) is 0.944. The standard InChI is InChI=1S/C18H34ClNO/c1-2-3-4-5-6-7-8-9-10-11-18(21)20-14-12-17(16-19)13-15-20/h17H,2-16H2,1H3. The molecule has 0 saturated carbocycles. The van der Waals surface area contributed by atoms with Crippen molar-refractivity contribution in [1.29, 1.82) is 0 Å². The molecule has 0 N–H and O–H groups in total. The van der Waals surface area contributed by atoms with E-state index in [0.717, 1.165) is 44.7 Å². The van der Waals surface area contributed by atoms with Crippen molar-refractivity contribution >= 4 is 17.5 Å². The number of likely N-dealkylation sites (tertiary alicyclic amines) is 1. The lowest BCUT2D eigenvalue weighted by Gasteiger charge is -2.31. The van der Waals surface area contributed by atoms with Gasteiger partial charge in [-0.2, -0.15) is 0 Å². The highest BCUT2D eigenvalue weighted by Crippen LogP contribution is 2.19. The first-order valence-electron chi connectivity index (χ1n) is 9.11. The molecule has 1 rings (SSSR count). The first-order chi connectivity index (χ1) is 10.3. The molecule has 0 aliphatic carbocycles. The predicted octanol–water partition coefficient (Wildman–Crippen LogP) is 5.38. The van der Waals surface area contributed by atoms with Gasteiger partial charge < -0.3 is 4.90 Å². The number of alkyl halides is 1. The van der Waals surface area contributed by atoms with E-state index >= 15 is 0 Å². The van der Waals surface area contributed by atoms with Crippen molar-refractivity contribution in [3.8, 4) is 0 Å². The minimum absolute atomic E-state index is 0.367. The number of hydrogen-bond acceptors (Lipinski definition) is 1. The number of rotatable bonds is 11. The van der Waals surface area contributed by atoms with Crippen LogP contribution in [0.3, 0.4) is 0 Å². The lowest BCUT2D eigenvalue weighted by Crippen LogP contribution is -2.38. The number of carbonyl (C=O) groups excluding carboxylic acids is 1. The molecule has 0 aromatic carbocycles. The van der Waals surface area contributed by atoms with Crippen molar-refractivity contribution in [2.45, 2.75) is 84.0 Å². The highest BCUT2D eigenvalue weighted by molar-refractivity contribution is 6.18. The van der Waals surface area contributed by atoms with E-state index in [1.54, 1.807) is 0 Å². The Kier molecular flexibility index (Phi) is 11.0. The van der Waals surface area contributed by atoms with Crippen LogP contribution in [0.1, 0.15) is 84.0 Å². The molecular formula is C18H34ClNO. The second-order valence-electron chi connectivity index (χ2n) is 6.56. The van der Waals surface area contributed by atoms with Gasteiger partial charge in [-0.1, -0.05) is 58.3 Å². The molecule has 0 spiro atoms. The molecule has 21 heavy (non-hydrogen) atoms. The Morgan fingerprint density at radius 3 is 2.00 bits per heavy atom. The van der Waals surface area contributed by atoms with E-state index in [2.05, 4.69) is 6.92 Å². The molecule has 1 saturated heterocycles. The Morgan fingerprint density at radius 1 is 0.952 bits per heavy atom. The first-order valence-corrected chi connectivity index (χ1v) is 9.65. The van der Waals surface area contributed by atoms with Gasteiger partial charge in [0, 0.05) is 25.4 Å². The molecule has 1 aliphatic heterocycles. The summed E-state index contributed by atoms with van der Waals surface area (Å²) >= 11 is 5.88. The largest absolute Gasteiger partial charge is 0.343 e. The molecule has 0 atom stereocenters. The third-order valence-electron chi connectivity index (χ3n) is 4.68. The Bertz CT molecular complexity index is 262. The van der Waals surface area contributed by atoms with Crippen molar-refractivity contribution in [1.82, 2.24) is 4.90 Å². The van der Waals surface area contributed by atoms with Gasteiger partial charge in [0.05, 0.1) is 0 Å². The number of piperidine rings is 1. The molecule has 0 aromatic rings. The zero-order chi connectivity index (χ0) is 15.3. The summed E-state index contributed by atoms with van der Waals surface area (Å²) in [5, 5.41) is 0. The van der Waals surface area contributed by atoms with E-state index < -0.39 is 0 Å². The van der Waals surface area contributed by atoms with Crippen LogP contribution in [0.15, 0.2) is 0 Å². The maximum absolute atomic E-state index is 12.1. The number of amides is 1. The van der Waals surface area contributed by atoms with Crippen LogP contribution in [-0.4, -0.2) is 29.8 Å². The zero-order valence-electron chi connectivity index (χ0n) is 13.9. The molecule has 124 valence electrons. The van der Waals surface area contributed by atoms with Gasteiger partial charge in [0.2, 0.25) is 5.91 Å². The number of nitrogens with zero attached hydrogens (tertiary/aromatic N) is 1. The summed E-state index contributed by atoms with van der Waals surface area (Å²) in [6.07, 6.45) is 14.7. The highest BCUT2D eigenvalue weighted by Gasteiger charge is 2.21. The Balaban J connectivity index is 1.92. The van der Waals surface area contributed by atoms with Crippen LogP contribution in [0.4, 0.5) is 0 Å². The third-order valence-corrected chi connectivity index (χ3v) is 5.12. The molecule has 0 bridgehead atoms. The van der Waals surface area contributed by atoms with Crippen molar-refractivity contribution in [3.05, 3.63) is 0 Å². The molecular weight excluding hydrogens is 282 g/mol. The van der Waals surface area contributed by atoms with Crippen LogP contribution in [-0.2, 0) is 4.79 Å². The van der Waals surface area contributed by atoms with Crippen LogP contribution < -0.4 is 0 Å². The van der Waals surface area contributed by atoms with Crippen LogP contribution in [0.25, 0.3) is 0 Å². The summed E-state index contributed by atoms with van der Waals surface area (Å²) in [5.74, 6) is 1.75. The van der Waals surface area contributed by atoms with Gasteiger partial charge in [0.25, 0.3) is 0 Å². The summed E-state index contributed by atoms with van der Waals surface area (Å²) in [4.78, 5) is 14.1. The van der Waals surface area contributed by atoms with Crippen molar-refractivity contribution < 1.29 is 4.79 Å². The summed E-state index contributed by atoms with van der Waals surface area (Å²) < 4.78 is 0. The summed E-state index contributed by atoms with van der Waals surface area (Å²) in [5.41, 5.74) is 0. The second-order valence-corrected chi connectivity index (χ2v) is 6.87. The van der Waals surface area contributed by atoms with E-state index in [9.17, 15) is 4.79 Å². The molecule has 1 amide bonds. The minimum Gasteiger partial charge on any atom is -0.343 e. The van der Waals surface area contributed by atoms with Crippen molar-refractivity contribution in [2.75, 3.05) is 19.0 Å². The number of hydrogen-bond donors (Lipinski definition) is 0. The number of carbonyl (C=O) groups is 1. The molecule has 1 fully saturated rings. The maximum atomic E-state index is 12.1. The Morgan fingerprint density at radius 2 is 1.48 bits per heavy atom. The van der Waals surface area contributed by atoms with Gasteiger partial charge in [0.15, 0.2) is 0 Å². The van der Waals surface area contributed by atoms with Gasteiger partial charge in [-0.15, -0.1) is 11.6 Å². The fourth-order valence-electron chi connectivity index (χ4n) is 3.08. The van der Waals surface area contributed by atoms with E-state index in [-0.39, 0.29) is 0 Å². The average molecular weight is 316 g/mol. The van der Waals surface area contributed by atoms with Crippen molar-refractivity contribution in [3.63, 3.8) is 0 Å². The molecule has 1 heterocycles. The normalized spacial score (nSPS) is 16.4. The molecule has 0 radical (unpaired) electrons. The highest BCUT2D eigenvalue weighted by atomic mass is 35.5. The van der Waals surface area contributed by atoms with E-state index in [4.69, 9.17) is 11.6 Å². The third kappa shape index (κ3) is 8.70. The summed E-state index contributed by atoms with van der Waals surface area (Å²) in [7, 11) is 0. The van der Waals surface area contributed by atoms with Crippen LogP contribution >= 0.6 is 11.6 Å². The molecule has 0 unspecified atom stereocenters. The molecule has 0 aromatic heterocycles. The SMILES string of the molecule is CCCCCCCCCCCC(=O)N1CCC(CCl)CC1. The topological polar surface area (TPSA) is 20.3 Å². The van der Waals surface area contributed by atoms with Gasteiger partial charge >= 0.3 is 0 Å². The summed E-state index contributed by atoms with van der Waals surface area (Å²) in [6.45, 7) is 4.11. The van der Waals surface area contributed by atoms with Crippen molar-refractivity contribution in [2.24, 2.45) is 5.92 Å². The van der Waals surface area contributed by atoms with Crippen LogP contribution in [0, 0.1) is 5.92 Å². The quantitative estimate of drug-likeness (QED) is 0.370. The first kappa shape index (κ1) is 18.8. The molecule has 2 nitrogen and oxygen atoms in total. The smallest absolute Gasteiger partial charge is 0.222 e. The monoisotopic (exact) mass is 315 g/mol. The minimum atomic E-state index is 0.367. The number of halogens is 1. The van der Waals surface area contributed by atoms with Gasteiger partial charge in [-0.05, 0) is 25.2 Å². The van der Waals surface area contributed by atoms with E-state index in [0.29, 0.717) is 11.8 Å². The Hall–Kier alpha value is -0.240. The zero-order valence-corrected chi connectivity index (χ0v) is 14.7. The Labute approximate surface area is 136 Å². The lowest BCUT2D eigenvalue weighted by atomic mass is 9.98. The van der Waals surface area contributed by atoms with Crippen LogP contribution in [0.5, 0.6) is 0 Å². The van der Waals surface area contributed by atoms with Gasteiger partial charge in [-0.25, -0.2) is 0 Å². The predicted molar refractivity (Wildman–Crippen MR) is 91.9 cm³/mol. The average Bonchev–Trinajstić information content (AvgIpc) is 2.53. The maximum Gasteiger partial charge on any atom is 0.222 e. The van der Waals surface area contributed by atoms with Crippen LogP contribution in [0.2, 0.25) is 0 Å². The molecule has 3 heteroatoms. The molecule has 1 aliphatic rings. The fourth-order valence-corrected chi connectivity index (χ4v) is 3.39. The van der Waals surface area contributed by atoms with Gasteiger partial charge in [-0.3, -0.25) is 4.79 Å². The number of unbranched alkanes of at least 4 members (excludes halogenated alkanes) is 8. The lowest BCUT2D eigenvalue weighted by molar-refractivity contribution is -0.132. The van der Waals surface area contributed by atoms with E-state index in [1.165, 1.54) is 51.4 Å². The van der Waals surface area contributed by atoms with E-state index in [1.807, 2.05) is 4.90 Å². The summed E-state index contributed by atoms with van der Waals surface area (Å²) in [6, 6.07) is 0.